The van der Waals surface area contributed by atoms with Crippen molar-refractivity contribution in [1.29, 1.82) is 0 Å². The molecule has 0 fully saturated rings. The monoisotopic (exact) mass is 558 g/mol. The highest BCUT2D eigenvalue weighted by atomic mass is 16.5. The molecule has 2 heterocycles. The Labute approximate surface area is 245 Å². The maximum absolute atomic E-state index is 12.4. The first-order chi connectivity index (χ1) is 20.4. The Kier molecular flexibility index (Phi) is 7.48. The first kappa shape index (κ1) is 27.3. The van der Waals surface area contributed by atoms with Gasteiger partial charge in [0.1, 0.15) is 17.4 Å². The Morgan fingerprint density at radius 3 is 2.29 bits per heavy atom. The van der Waals surface area contributed by atoms with Crippen LogP contribution in [0.1, 0.15) is 36.2 Å². The van der Waals surface area contributed by atoms with Crippen LogP contribution >= 0.6 is 0 Å². The number of esters is 1. The number of fused-ring (bicyclic) bond motifs is 2. The van der Waals surface area contributed by atoms with E-state index in [1.807, 2.05) is 42.5 Å². The van der Waals surface area contributed by atoms with Crippen LogP contribution in [-0.2, 0) is 24.2 Å². The highest BCUT2D eigenvalue weighted by Gasteiger charge is 2.22. The fraction of sp³-hybridized carbons (Fsp3) is 0.229. The Balaban J connectivity index is 1.58. The summed E-state index contributed by atoms with van der Waals surface area (Å²) in [6.07, 6.45) is 1.77. The molecule has 42 heavy (non-hydrogen) atoms. The number of aryl methyl sites for hydroxylation is 3. The summed E-state index contributed by atoms with van der Waals surface area (Å²) in [5, 5.41) is 10.8. The van der Waals surface area contributed by atoms with Crippen molar-refractivity contribution in [3.05, 3.63) is 102 Å². The molecule has 0 saturated heterocycles. The van der Waals surface area contributed by atoms with Crippen molar-refractivity contribution in [3.8, 4) is 28.5 Å². The summed E-state index contributed by atoms with van der Waals surface area (Å²) in [4.78, 5) is 22.5. The van der Waals surface area contributed by atoms with E-state index < -0.39 is 5.97 Å². The van der Waals surface area contributed by atoms with E-state index in [9.17, 15) is 9.90 Å². The third-order valence-electron chi connectivity index (χ3n) is 7.72. The van der Waals surface area contributed by atoms with Gasteiger partial charge in [-0.2, -0.15) is 0 Å². The second kappa shape index (κ2) is 11.5. The lowest BCUT2D eigenvalue weighted by atomic mass is 10.1. The van der Waals surface area contributed by atoms with Crippen LogP contribution in [0.2, 0.25) is 0 Å². The average molecular weight is 559 g/mol. The van der Waals surface area contributed by atoms with Gasteiger partial charge in [0.05, 0.1) is 40.3 Å². The Bertz CT molecular complexity index is 1890. The summed E-state index contributed by atoms with van der Waals surface area (Å²) in [5.41, 5.74) is 6.84. The molecule has 0 aliphatic rings. The number of hydrogen-bond acceptors (Lipinski definition) is 5. The van der Waals surface area contributed by atoms with Gasteiger partial charge >= 0.3 is 5.97 Å². The van der Waals surface area contributed by atoms with Gasteiger partial charge in [-0.25, -0.2) is 14.8 Å². The number of imidazole rings is 2. The number of phenols is 1. The predicted octanol–water partition coefficient (Wildman–Crippen LogP) is 7.50. The fourth-order valence-electron chi connectivity index (χ4n) is 5.53. The molecule has 0 radical (unpaired) electrons. The first-order valence-corrected chi connectivity index (χ1v) is 14.3. The number of para-hydroxylation sites is 2. The molecule has 212 valence electrons. The normalized spacial score (nSPS) is 11.5. The van der Waals surface area contributed by atoms with Crippen molar-refractivity contribution in [3.63, 3.8) is 0 Å². The number of carbonyl (C=O) groups is 1. The minimum absolute atomic E-state index is 0.200. The zero-order valence-electron chi connectivity index (χ0n) is 24.1. The van der Waals surface area contributed by atoms with Gasteiger partial charge < -0.3 is 19.0 Å². The van der Waals surface area contributed by atoms with Gasteiger partial charge in [-0.15, -0.1) is 0 Å². The molecular weight excluding hydrogens is 524 g/mol. The summed E-state index contributed by atoms with van der Waals surface area (Å²) in [5.74, 6) is 1.84. The maximum Gasteiger partial charge on any atom is 0.337 e. The van der Waals surface area contributed by atoms with Crippen molar-refractivity contribution < 1.29 is 14.6 Å². The SMILES string of the molecule is COC(=O)c1ccc2c(c1)nc(-c1cccc3nc(-c4ccccc4O)n(CCC(C)C)c13)n2CCc1ccccc1. The number of benzene rings is 4. The number of hydrogen-bond donors (Lipinski definition) is 1. The predicted molar refractivity (Wildman–Crippen MR) is 167 cm³/mol. The van der Waals surface area contributed by atoms with E-state index in [-0.39, 0.29) is 5.75 Å². The molecule has 0 spiro atoms. The lowest BCUT2D eigenvalue weighted by Gasteiger charge is -2.15. The zero-order valence-corrected chi connectivity index (χ0v) is 24.1. The van der Waals surface area contributed by atoms with Gasteiger partial charge in [-0.05, 0) is 66.8 Å². The summed E-state index contributed by atoms with van der Waals surface area (Å²) in [6, 6.07) is 29.4. The number of nitrogens with zero attached hydrogens (tertiary/aromatic N) is 4. The number of ether oxygens (including phenoxy) is 1. The molecule has 0 aliphatic heterocycles. The molecule has 2 aromatic heterocycles. The molecule has 0 amide bonds. The summed E-state index contributed by atoms with van der Waals surface area (Å²) >= 11 is 0. The van der Waals surface area contributed by atoms with Crippen LogP contribution in [0.25, 0.3) is 44.8 Å². The molecule has 0 unspecified atom stereocenters. The standard InChI is InChI=1S/C35H34N4O3/c1-23(2)18-20-39-32-27(13-9-14-28(32)36-33(39)26-12-7-8-15-31(26)40)34-37-29-22-25(35(41)42-3)16-17-30(29)38(34)21-19-24-10-5-4-6-11-24/h4-17,22-23,40H,18-21H2,1-3H3. The van der Waals surface area contributed by atoms with E-state index in [4.69, 9.17) is 14.7 Å². The van der Waals surface area contributed by atoms with Crippen LogP contribution in [-0.4, -0.2) is 37.3 Å². The van der Waals surface area contributed by atoms with Gasteiger partial charge in [0.2, 0.25) is 0 Å². The van der Waals surface area contributed by atoms with E-state index in [2.05, 4.69) is 53.3 Å². The minimum atomic E-state index is -0.390. The topological polar surface area (TPSA) is 82.2 Å². The van der Waals surface area contributed by atoms with Gasteiger partial charge in [-0.3, -0.25) is 0 Å². The highest BCUT2D eigenvalue weighted by molar-refractivity contribution is 5.97. The Morgan fingerprint density at radius 2 is 1.52 bits per heavy atom. The van der Waals surface area contributed by atoms with Gasteiger partial charge in [0.15, 0.2) is 0 Å². The van der Waals surface area contributed by atoms with Crippen LogP contribution < -0.4 is 0 Å². The number of rotatable bonds is 9. The van der Waals surface area contributed by atoms with Crippen LogP contribution in [0.5, 0.6) is 5.75 Å². The van der Waals surface area contributed by atoms with Crippen molar-refractivity contribution in [2.24, 2.45) is 5.92 Å². The van der Waals surface area contributed by atoms with E-state index in [1.54, 1.807) is 18.2 Å². The van der Waals surface area contributed by atoms with Crippen LogP contribution in [0.4, 0.5) is 0 Å². The van der Waals surface area contributed by atoms with Crippen LogP contribution in [0.3, 0.4) is 0 Å². The highest BCUT2D eigenvalue weighted by Crippen LogP contribution is 2.37. The van der Waals surface area contributed by atoms with Crippen molar-refractivity contribution in [1.82, 2.24) is 19.1 Å². The van der Waals surface area contributed by atoms with E-state index in [0.717, 1.165) is 58.7 Å². The number of carbonyl (C=O) groups excluding carboxylic acids is 1. The van der Waals surface area contributed by atoms with Gasteiger partial charge in [-0.1, -0.05) is 62.4 Å². The second-order valence-electron chi connectivity index (χ2n) is 11.0. The van der Waals surface area contributed by atoms with E-state index in [0.29, 0.717) is 23.6 Å². The fourth-order valence-corrected chi connectivity index (χ4v) is 5.53. The lowest BCUT2D eigenvalue weighted by Crippen LogP contribution is -2.07. The quantitative estimate of drug-likeness (QED) is 0.186. The molecule has 0 atom stereocenters. The van der Waals surface area contributed by atoms with E-state index in [1.165, 1.54) is 12.7 Å². The molecule has 0 saturated carbocycles. The first-order valence-electron chi connectivity index (χ1n) is 14.3. The zero-order chi connectivity index (χ0) is 29.2. The summed E-state index contributed by atoms with van der Waals surface area (Å²) in [7, 11) is 1.39. The van der Waals surface area contributed by atoms with Crippen molar-refractivity contribution >= 4 is 28.0 Å². The molecule has 4 aromatic carbocycles. The number of methoxy groups -OCH3 is 1. The number of aromatic hydroxyl groups is 1. The smallest absolute Gasteiger partial charge is 0.337 e. The molecule has 6 aromatic rings. The molecule has 7 heteroatoms. The number of aromatic nitrogens is 4. The minimum Gasteiger partial charge on any atom is -0.507 e. The summed E-state index contributed by atoms with van der Waals surface area (Å²) in [6.45, 7) is 5.87. The van der Waals surface area contributed by atoms with Crippen molar-refractivity contribution in [2.45, 2.75) is 39.8 Å². The molecule has 0 aliphatic carbocycles. The lowest BCUT2D eigenvalue weighted by molar-refractivity contribution is 0.0601. The number of phenolic OH excluding ortho intramolecular Hbond substituents is 1. The van der Waals surface area contributed by atoms with Crippen LogP contribution in [0.15, 0.2) is 91.0 Å². The molecule has 1 N–H and O–H groups in total. The summed E-state index contributed by atoms with van der Waals surface area (Å²) < 4.78 is 9.44. The third kappa shape index (κ3) is 5.14. The molecule has 6 rings (SSSR count). The maximum atomic E-state index is 12.4. The van der Waals surface area contributed by atoms with Gasteiger partial charge in [0.25, 0.3) is 0 Å². The molecular formula is C35H34N4O3. The Hall–Kier alpha value is -4.91. The van der Waals surface area contributed by atoms with E-state index >= 15 is 0 Å². The Morgan fingerprint density at radius 1 is 0.810 bits per heavy atom. The second-order valence-corrected chi connectivity index (χ2v) is 11.0. The average Bonchev–Trinajstić information content (AvgIpc) is 3.57. The molecule has 7 nitrogen and oxygen atoms in total. The van der Waals surface area contributed by atoms with Crippen molar-refractivity contribution in [2.75, 3.05) is 7.11 Å². The van der Waals surface area contributed by atoms with Crippen LogP contribution in [0, 0.1) is 5.92 Å². The van der Waals surface area contributed by atoms with Gasteiger partial charge in [0, 0.05) is 18.7 Å². The largest absolute Gasteiger partial charge is 0.507 e. The molecule has 0 bridgehead atoms. The third-order valence-corrected chi connectivity index (χ3v) is 7.72.